The Morgan fingerprint density at radius 3 is 2.50 bits per heavy atom. The minimum Gasteiger partial charge on any atom is -0.423 e. The van der Waals surface area contributed by atoms with Crippen LogP contribution in [0.1, 0.15) is 62.0 Å². The molecule has 2 saturated heterocycles. The van der Waals surface area contributed by atoms with Crippen LogP contribution in [0.2, 0.25) is 0 Å². The average Bonchev–Trinajstić information content (AvgIpc) is 3.52. The topological polar surface area (TPSA) is 136 Å². The lowest BCUT2D eigenvalue weighted by Gasteiger charge is -2.36. The molecule has 0 amide bonds. The van der Waals surface area contributed by atoms with E-state index in [0.717, 1.165) is 44.2 Å². The smallest absolute Gasteiger partial charge is 0.416 e. The van der Waals surface area contributed by atoms with Crippen molar-refractivity contribution in [3.8, 4) is 11.5 Å². The fraction of sp³-hybridized carbons (Fsp3) is 0.423. The Labute approximate surface area is 226 Å². The third-order valence-corrected chi connectivity index (χ3v) is 7.64. The Morgan fingerprint density at radius 1 is 1.10 bits per heavy atom. The van der Waals surface area contributed by atoms with Crippen LogP contribution in [0.25, 0.3) is 22.5 Å². The molecule has 11 nitrogen and oxygen atoms in total. The van der Waals surface area contributed by atoms with Gasteiger partial charge in [0.05, 0.1) is 27.5 Å². The number of nitrogens with zero attached hydrogens (tertiary/aromatic N) is 7. The Morgan fingerprint density at radius 2 is 1.85 bits per heavy atom. The highest BCUT2D eigenvalue weighted by molar-refractivity contribution is 5.93. The van der Waals surface area contributed by atoms with E-state index in [1.165, 1.54) is 6.39 Å². The number of hydrogen-bond donors (Lipinski definition) is 1. The molecule has 0 saturated carbocycles. The van der Waals surface area contributed by atoms with E-state index in [9.17, 15) is 23.3 Å². The lowest BCUT2D eigenvalue weighted by Crippen LogP contribution is -2.40. The zero-order valence-corrected chi connectivity index (χ0v) is 21.6. The van der Waals surface area contributed by atoms with Gasteiger partial charge < -0.3 is 14.6 Å². The number of hydrogen-bond acceptors (Lipinski definition) is 10. The van der Waals surface area contributed by atoms with E-state index < -0.39 is 28.4 Å². The third-order valence-electron chi connectivity index (χ3n) is 7.64. The van der Waals surface area contributed by atoms with Crippen molar-refractivity contribution in [3.63, 3.8) is 0 Å². The van der Waals surface area contributed by atoms with Crippen LogP contribution in [0.5, 0.6) is 0 Å². The summed E-state index contributed by atoms with van der Waals surface area (Å²) in [5, 5.41) is 22.9. The first-order valence-corrected chi connectivity index (χ1v) is 13.0. The van der Waals surface area contributed by atoms with Gasteiger partial charge in [0.25, 0.3) is 11.6 Å². The number of anilines is 2. The molecule has 2 bridgehead atoms. The molecule has 2 fully saturated rings. The maximum absolute atomic E-state index is 13.5. The van der Waals surface area contributed by atoms with E-state index in [2.05, 4.69) is 30.4 Å². The van der Waals surface area contributed by atoms with E-state index in [4.69, 9.17) is 9.40 Å². The van der Waals surface area contributed by atoms with Crippen molar-refractivity contribution in [1.82, 2.24) is 25.1 Å². The van der Waals surface area contributed by atoms with E-state index in [1.54, 1.807) is 13.8 Å². The van der Waals surface area contributed by atoms with Gasteiger partial charge in [0.1, 0.15) is 17.5 Å². The van der Waals surface area contributed by atoms with Gasteiger partial charge in [-0.3, -0.25) is 10.1 Å². The minimum absolute atomic E-state index is 0.0811. The number of halogens is 3. The van der Waals surface area contributed by atoms with Gasteiger partial charge in [-0.1, -0.05) is 0 Å². The van der Waals surface area contributed by atoms with Crippen LogP contribution in [-0.2, 0) is 6.18 Å². The number of pyridine rings is 1. The highest BCUT2D eigenvalue weighted by Gasteiger charge is 2.39. The van der Waals surface area contributed by atoms with Crippen LogP contribution in [0, 0.1) is 17.0 Å². The molecule has 1 N–H and O–H groups in total. The number of aryl methyl sites for hydroxylation is 1. The Hall–Kier alpha value is -4.36. The molecule has 6 rings (SSSR count). The fourth-order valence-electron chi connectivity index (χ4n) is 5.81. The van der Waals surface area contributed by atoms with Gasteiger partial charge in [0.15, 0.2) is 5.65 Å². The van der Waals surface area contributed by atoms with Crippen molar-refractivity contribution in [2.45, 2.75) is 70.3 Å². The van der Waals surface area contributed by atoms with Gasteiger partial charge in [0.2, 0.25) is 6.39 Å². The summed E-state index contributed by atoms with van der Waals surface area (Å²) in [5.74, 6) is 1.70. The maximum Gasteiger partial charge on any atom is 0.416 e. The van der Waals surface area contributed by atoms with Crippen molar-refractivity contribution in [2.24, 2.45) is 0 Å². The lowest BCUT2D eigenvalue weighted by molar-refractivity contribution is -0.385. The molecule has 0 radical (unpaired) electrons. The molecule has 40 heavy (non-hydrogen) atoms. The molecule has 0 spiro atoms. The summed E-state index contributed by atoms with van der Waals surface area (Å²) in [7, 11) is 0. The summed E-state index contributed by atoms with van der Waals surface area (Å²) < 4.78 is 46.1. The molecule has 3 atom stereocenters. The van der Waals surface area contributed by atoms with Crippen molar-refractivity contribution < 1.29 is 22.5 Å². The molecule has 4 aromatic rings. The van der Waals surface area contributed by atoms with Crippen LogP contribution in [0.3, 0.4) is 0 Å². The highest BCUT2D eigenvalue weighted by atomic mass is 19.4. The Balaban J connectivity index is 1.45. The summed E-state index contributed by atoms with van der Waals surface area (Å²) in [6, 6.07) is 4.27. The molecule has 5 heterocycles. The third kappa shape index (κ3) is 4.67. The van der Waals surface area contributed by atoms with Gasteiger partial charge in [-0.05, 0) is 63.6 Å². The number of alkyl halides is 3. The number of non-ortho nitro benzene ring substituents is 1. The zero-order valence-electron chi connectivity index (χ0n) is 21.6. The SMILES string of the molecule is Cc1nc(N[C@H](C)c2cc([N+](=O)[O-])cc(C(F)(F)F)c2)c2cc(-c3nnco3)c(N3C4CCCC3CC4)nc2n1. The molecular formula is C26H25F3N8O3. The Bertz CT molecular complexity index is 1580. The first-order valence-electron chi connectivity index (χ1n) is 13.0. The number of fused-ring (bicyclic) bond motifs is 3. The monoisotopic (exact) mass is 554 g/mol. The van der Waals surface area contributed by atoms with Crippen molar-refractivity contribution in [2.75, 3.05) is 10.2 Å². The quantitative estimate of drug-likeness (QED) is 0.223. The molecule has 1 aromatic carbocycles. The van der Waals surface area contributed by atoms with Gasteiger partial charge in [0, 0.05) is 24.2 Å². The first kappa shape index (κ1) is 25.9. The molecule has 208 valence electrons. The predicted octanol–water partition coefficient (Wildman–Crippen LogP) is 6.00. The predicted molar refractivity (Wildman–Crippen MR) is 139 cm³/mol. The number of nitro benzene ring substituents is 1. The summed E-state index contributed by atoms with van der Waals surface area (Å²) in [5.41, 5.74) is -0.654. The van der Waals surface area contributed by atoms with Crippen LogP contribution < -0.4 is 10.2 Å². The molecule has 0 aliphatic carbocycles. The summed E-state index contributed by atoms with van der Waals surface area (Å²) >= 11 is 0. The normalized spacial score (nSPS) is 19.7. The number of aromatic nitrogens is 5. The zero-order chi connectivity index (χ0) is 28.2. The van der Waals surface area contributed by atoms with E-state index >= 15 is 0 Å². The standard InChI is InChI=1S/C26H25F3N8O3/c1-13(15-8-16(26(27,28)29)10-19(9-15)37(38)39)31-22-20-11-21(25-35-30-12-40-25)24(34-23(20)33-14(2)32-22)36-17-4-3-5-18(36)7-6-17/h8-13,17-18H,3-7H2,1-2H3,(H,31,32,33,34)/t13-,17?,18?/m1/s1. The van der Waals surface area contributed by atoms with E-state index in [0.29, 0.717) is 52.2 Å². The minimum atomic E-state index is -4.74. The highest BCUT2D eigenvalue weighted by Crippen LogP contribution is 2.43. The first-order chi connectivity index (χ1) is 19.1. The molecule has 2 aliphatic heterocycles. The van der Waals surface area contributed by atoms with Crippen LogP contribution in [-0.4, -0.2) is 42.2 Å². The summed E-state index contributed by atoms with van der Waals surface area (Å²) in [4.78, 5) is 26.9. The van der Waals surface area contributed by atoms with Gasteiger partial charge in [-0.15, -0.1) is 10.2 Å². The summed E-state index contributed by atoms with van der Waals surface area (Å²) in [6.07, 6.45) is 1.93. The number of rotatable bonds is 6. The van der Waals surface area contributed by atoms with E-state index in [-0.39, 0.29) is 11.5 Å². The number of piperidine rings is 1. The second-order valence-electron chi connectivity index (χ2n) is 10.3. The largest absolute Gasteiger partial charge is 0.423 e. The molecule has 2 unspecified atom stereocenters. The number of nitrogens with one attached hydrogen (secondary N) is 1. The molecule has 14 heteroatoms. The molecule has 3 aromatic heterocycles. The van der Waals surface area contributed by atoms with Crippen molar-refractivity contribution in [3.05, 3.63) is 57.7 Å². The van der Waals surface area contributed by atoms with Crippen molar-refractivity contribution >= 4 is 28.4 Å². The molecular weight excluding hydrogens is 529 g/mol. The van der Waals surface area contributed by atoms with Crippen LogP contribution >= 0.6 is 0 Å². The second kappa shape index (κ2) is 9.68. The van der Waals surface area contributed by atoms with Crippen LogP contribution in [0.4, 0.5) is 30.5 Å². The Kier molecular flexibility index (Phi) is 6.27. The molecule has 2 aliphatic rings. The van der Waals surface area contributed by atoms with Crippen molar-refractivity contribution in [1.29, 1.82) is 0 Å². The number of benzene rings is 1. The summed E-state index contributed by atoms with van der Waals surface area (Å²) in [6.45, 7) is 3.30. The van der Waals surface area contributed by atoms with Gasteiger partial charge >= 0.3 is 6.18 Å². The fourth-order valence-corrected chi connectivity index (χ4v) is 5.81. The van der Waals surface area contributed by atoms with E-state index in [1.807, 2.05) is 6.07 Å². The van der Waals surface area contributed by atoms with Gasteiger partial charge in [-0.2, -0.15) is 13.2 Å². The second-order valence-corrected chi connectivity index (χ2v) is 10.3. The number of nitro groups is 1. The maximum atomic E-state index is 13.5. The van der Waals surface area contributed by atoms with Crippen LogP contribution in [0.15, 0.2) is 35.1 Å². The average molecular weight is 555 g/mol. The van der Waals surface area contributed by atoms with Gasteiger partial charge in [-0.25, -0.2) is 15.0 Å². The lowest BCUT2D eigenvalue weighted by atomic mass is 10.0.